The maximum Gasteiger partial charge on any atom is 0.224 e. The van der Waals surface area contributed by atoms with Crippen LogP contribution in [0.5, 0.6) is 0 Å². The molecule has 200 valence electrons. The number of fused-ring (bicyclic) bond motifs is 2. The molecule has 0 radical (unpaired) electrons. The summed E-state index contributed by atoms with van der Waals surface area (Å²) < 4.78 is 18.8. The molecule has 5 rings (SSSR count). The lowest BCUT2D eigenvalue weighted by molar-refractivity contribution is -0.166. The van der Waals surface area contributed by atoms with Crippen LogP contribution in [-0.4, -0.2) is 74.9 Å². The van der Waals surface area contributed by atoms with Gasteiger partial charge >= 0.3 is 0 Å². The molecule has 1 saturated carbocycles. The number of nitrogens with zero attached hydrogens (tertiary/aromatic N) is 4. The van der Waals surface area contributed by atoms with Crippen molar-refractivity contribution in [2.24, 2.45) is 5.92 Å². The Morgan fingerprint density at radius 2 is 1.92 bits per heavy atom. The third-order valence-corrected chi connectivity index (χ3v) is 8.12. The number of pyridine rings is 1. The van der Waals surface area contributed by atoms with Crippen LogP contribution in [0.3, 0.4) is 0 Å². The van der Waals surface area contributed by atoms with E-state index in [2.05, 4.69) is 15.6 Å². The quantitative estimate of drug-likeness (QED) is 0.371. The summed E-state index contributed by atoms with van der Waals surface area (Å²) in [5.41, 5.74) is 2.50. The predicted molar refractivity (Wildman–Crippen MR) is 144 cm³/mol. The molecule has 1 aliphatic heterocycles. The van der Waals surface area contributed by atoms with Gasteiger partial charge in [0.1, 0.15) is 22.4 Å². The minimum Gasteiger partial charge on any atom is -0.390 e. The Morgan fingerprint density at radius 1 is 1.16 bits per heavy atom. The first-order valence-electron chi connectivity index (χ1n) is 12.7. The molecule has 0 amide bonds. The highest BCUT2D eigenvalue weighted by Gasteiger charge is 2.57. The van der Waals surface area contributed by atoms with Crippen LogP contribution in [0.2, 0.25) is 0 Å². The number of hydrogen-bond acceptors (Lipinski definition) is 11. The Bertz CT molecular complexity index is 1290. The smallest absolute Gasteiger partial charge is 0.224 e. The lowest BCUT2D eigenvalue weighted by Crippen LogP contribution is -2.39. The SMILES string of the molecule is COCCNc1nc(C)c(-c2nc3c(C)nccc3s2)c(N[C@@H]2C[C@H](C(C)(C)O)[C@H]3OC(C)(C)O[C@H]32)n1. The van der Waals surface area contributed by atoms with E-state index in [1.807, 2.05) is 47.6 Å². The van der Waals surface area contributed by atoms with E-state index in [9.17, 15) is 5.11 Å². The van der Waals surface area contributed by atoms with Crippen LogP contribution in [-0.2, 0) is 14.2 Å². The fraction of sp³-hybridized carbons (Fsp3) is 0.615. The van der Waals surface area contributed by atoms with E-state index in [1.165, 1.54) is 0 Å². The van der Waals surface area contributed by atoms with Gasteiger partial charge in [0.15, 0.2) is 5.79 Å². The van der Waals surface area contributed by atoms with Gasteiger partial charge in [-0.2, -0.15) is 4.98 Å². The molecule has 0 aromatic carbocycles. The molecule has 0 unspecified atom stereocenters. The maximum absolute atomic E-state index is 10.9. The summed E-state index contributed by atoms with van der Waals surface area (Å²) in [4.78, 5) is 18.9. The monoisotopic (exact) mass is 528 g/mol. The van der Waals surface area contributed by atoms with Crippen molar-refractivity contribution < 1.29 is 19.3 Å². The molecule has 0 spiro atoms. The van der Waals surface area contributed by atoms with Gasteiger partial charge in [-0.3, -0.25) is 4.98 Å². The molecule has 4 heterocycles. The molecule has 3 aromatic heterocycles. The Kier molecular flexibility index (Phi) is 6.86. The summed E-state index contributed by atoms with van der Waals surface area (Å²) >= 11 is 1.59. The molecular formula is C26H36N6O4S. The zero-order valence-electron chi connectivity index (χ0n) is 22.5. The van der Waals surface area contributed by atoms with E-state index in [4.69, 9.17) is 29.2 Å². The third kappa shape index (κ3) is 5.15. The van der Waals surface area contributed by atoms with E-state index < -0.39 is 11.4 Å². The number of hydrogen-bond donors (Lipinski definition) is 3. The number of aromatic nitrogens is 4. The summed E-state index contributed by atoms with van der Waals surface area (Å²) in [5.74, 6) is 0.357. The van der Waals surface area contributed by atoms with Crippen molar-refractivity contribution in [2.45, 2.75) is 77.6 Å². The van der Waals surface area contributed by atoms with Gasteiger partial charge in [-0.1, -0.05) is 0 Å². The van der Waals surface area contributed by atoms with E-state index in [1.54, 1.807) is 24.6 Å². The molecule has 10 nitrogen and oxygen atoms in total. The minimum absolute atomic E-state index is 0.0985. The Labute approximate surface area is 221 Å². The largest absolute Gasteiger partial charge is 0.390 e. The summed E-state index contributed by atoms with van der Waals surface area (Å²) in [7, 11) is 1.66. The number of thiazole rings is 1. The first-order valence-corrected chi connectivity index (χ1v) is 13.5. The molecule has 3 aromatic rings. The number of anilines is 2. The van der Waals surface area contributed by atoms with E-state index in [0.717, 1.165) is 32.2 Å². The molecule has 2 fully saturated rings. The highest BCUT2D eigenvalue weighted by Crippen LogP contribution is 2.47. The lowest BCUT2D eigenvalue weighted by atomic mass is 9.87. The van der Waals surface area contributed by atoms with E-state index in [0.29, 0.717) is 31.3 Å². The first-order chi connectivity index (χ1) is 17.5. The van der Waals surface area contributed by atoms with Crippen LogP contribution in [0.25, 0.3) is 20.8 Å². The molecule has 1 saturated heterocycles. The molecule has 11 heteroatoms. The fourth-order valence-electron chi connectivity index (χ4n) is 5.35. The highest BCUT2D eigenvalue weighted by molar-refractivity contribution is 7.21. The van der Waals surface area contributed by atoms with Crippen molar-refractivity contribution >= 4 is 33.3 Å². The second-order valence-corrected chi connectivity index (χ2v) is 11.9. The number of methoxy groups -OCH3 is 1. The van der Waals surface area contributed by atoms with E-state index in [-0.39, 0.29) is 24.2 Å². The van der Waals surface area contributed by atoms with Crippen molar-refractivity contribution in [2.75, 3.05) is 30.9 Å². The third-order valence-electron chi connectivity index (χ3n) is 7.08. The average molecular weight is 529 g/mol. The molecule has 2 aliphatic rings. The summed E-state index contributed by atoms with van der Waals surface area (Å²) in [6.07, 6.45) is 2.02. The minimum atomic E-state index is -0.919. The molecular weight excluding hydrogens is 492 g/mol. The van der Waals surface area contributed by atoms with Crippen LogP contribution in [0.1, 0.15) is 45.5 Å². The number of nitrogens with one attached hydrogen (secondary N) is 2. The van der Waals surface area contributed by atoms with Gasteiger partial charge in [0, 0.05) is 25.8 Å². The molecule has 0 bridgehead atoms. The van der Waals surface area contributed by atoms with Gasteiger partial charge in [-0.15, -0.1) is 11.3 Å². The van der Waals surface area contributed by atoms with Crippen molar-refractivity contribution in [1.29, 1.82) is 0 Å². The Hall–Kier alpha value is -2.44. The average Bonchev–Trinajstić information content (AvgIpc) is 3.45. The second-order valence-electron chi connectivity index (χ2n) is 10.8. The van der Waals surface area contributed by atoms with Crippen molar-refractivity contribution in [3.05, 3.63) is 23.7 Å². The Balaban J connectivity index is 1.55. The lowest BCUT2D eigenvalue weighted by Gasteiger charge is -2.31. The van der Waals surface area contributed by atoms with Gasteiger partial charge in [-0.05, 0) is 54.0 Å². The Morgan fingerprint density at radius 3 is 2.62 bits per heavy atom. The molecule has 1 aliphatic carbocycles. The zero-order valence-corrected chi connectivity index (χ0v) is 23.3. The van der Waals surface area contributed by atoms with Crippen molar-refractivity contribution in [1.82, 2.24) is 19.9 Å². The highest BCUT2D eigenvalue weighted by atomic mass is 32.1. The van der Waals surface area contributed by atoms with Crippen LogP contribution < -0.4 is 10.6 Å². The van der Waals surface area contributed by atoms with Crippen molar-refractivity contribution in [3.8, 4) is 10.6 Å². The van der Waals surface area contributed by atoms with Gasteiger partial charge in [0.2, 0.25) is 5.95 Å². The standard InChI is InChI=1S/C26H36N6O4S/c1-13-18(23-31-19-14(2)27-9-8-17(19)37-23)22(32-24(29-13)28-10-11-34-7)30-16-12-15(25(3,4)33)20-21(16)36-26(5,6)35-20/h8-9,15-16,20-21,33H,10-12H2,1-7H3,(H2,28,29,30,32)/t15-,16+,20+,21-/m0/s1. The molecule has 3 N–H and O–H groups in total. The van der Waals surface area contributed by atoms with Gasteiger partial charge in [0.05, 0.1) is 46.0 Å². The molecule has 37 heavy (non-hydrogen) atoms. The van der Waals surface area contributed by atoms with Crippen LogP contribution >= 0.6 is 11.3 Å². The van der Waals surface area contributed by atoms with Crippen LogP contribution in [0, 0.1) is 19.8 Å². The van der Waals surface area contributed by atoms with Gasteiger partial charge in [0.25, 0.3) is 0 Å². The van der Waals surface area contributed by atoms with Gasteiger partial charge < -0.3 is 30.0 Å². The normalized spacial score (nSPS) is 25.0. The molecule has 4 atom stereocenters. The maximum atomic E-state index is 10.9. The topological polar surface area (TPSA) is 124 Å². The van der Waals surface area contributed by atoms with Gasteiger partial charge in [-0.25, -0.2) is 9.97 Å². The second kappa shape index (κ2) is 9.70. The number of aryl methyl sites for hydroxylation is 2. The van der Waals surface area contributed by atoms with Crippen LogP contribution in [0.4, 0.5) is 11.8 Å². The number of rotatable bonds is 8. The fourth-order valence-corrected chi connectivity index (χ4v) is 6.47. The first kappa shape index (κ1) is 26.2. The zero-order chi connectivity index (χ0) is 26.5. The summed E-state index contributed by atoms with van der Waals surface area (Å²) in [5, 5.41) is 18.7. The summed E-state index contributed by atoms with van der Waals surface area (Å²) in [6, 6.07) is 1.86. The number of aliphatic hydroxyl groups is 1. The van der Waals surface area contributed by atoms with Crippen LogP contribution in [0.15, 0.2) is 12.3 Å². The van der Waals surface area contributed by atoms with E-state index >= 15 is 0 Å². The summed E-state index contributed by atoms with van der Waals surface area (Å²) in [6.45, 7) is 12.6. The van der Waals surface area contributed by atoms with Crippen molar-refractivity contribution in [3.63, 3.8) is 0 Å². The predicted octanol–water partition coefficient (Wildman–Crippen LogP) is 3.91. The number of ether oxygens (including phenoxy) is 3.